The molecule has 0 saturated carbocycles. The second-order valence-corrected chi connectivity index (χ2v) is 4.72. The summed E-state index contributed by atoms with van der Waals surface area (Å²) in [7, 11) is 1.60. The van der Waals surface area contributed by atoms with Gasteiger partial charge in [-0.05, 0) is 5.56 Å². The van der Waals surface area contributed by atoms with Crippen LogP contribution in [0.2, 0.25) is 0 Å². The molecule has 0 bridgehead atoms. The summed E-state index contributed by atoms with van der Waals surface area (Å²) in [5, 5.41) is 0. The summed E-state index contributed by atoms with van der Waals surface area (Å²) in [6, 6.07) is 9.85. The van der Waals surface area contributed by atoms with Crippen molar-refractivity contribution in [3.05, 3.63) is 35.9 Å². The Labute approximate surface area is 118 Å². The van der Waals surface area contributed by atoms with Gasteiger partial charge in [-0.3, -0.25) is 4.79 Å². The highest BCUT2D eigenvalue weighted by Gasteiger charge is 2.37. The molecule has 0 spiro atoms. The van der Waals surface area contributed by atoms with Crippen LogP contribution in [0.3, 0.4) is 0 Å². The maximum atomic E-state index is 11.2. The van der Waals surface area contributed by atoms with E-state index < -0.39 is 6.10 Å². The lowest BCUT2D eigenvalue weighted by molar-refractivity contribution is -0.203. The van der Waals surface area contributed by atoms with Crippen LogP contribution in [0.25, 0.3) is 0 Å². The molecule has 0 amide bonds. The van der Waals surface area contributed by atoms with Crippen molar-refractivity contribution in [2.75, 3.05) is 20.3 Å². The molecule has 3 atom stereocenters. The Balaban J connectivity index is 2.00. The van der Waals surface area contributed by atoms with E-state index >= 15 is 0 Å². The van der Waals surface area contributed by atoms with Crippen LogP contribution in [-0.4, -0.2) is 44.6 Å². The molecule has 3 unspecified atom stereocenters. The van der Waals surface area contributed by atoms with E-state index in [4.69, 9.17) is 18.9 Å². The Hall–Kier alpha value is -1.43. The van der Waals surface area contributed by atoms with Crippen LogP contribution in [-0.2, 0) is 30.3 Å². The third kappa shape index (κ3) is 4.03. The molecule has 0 radical (unpaired) electrons. The van der Waals surface area contributed by atoms with E-state index in [9.17, 15) is 4.79 Å². The van der Waals surface area contributed by atoms with E-state index in [2.05, 4.69) is 0 Å². The van der Waals surface area contributed by atoms with Crippen molar-refractivity contribution in [2.24, 2.45) is 0 Å². The number of methoxy groups -OCH3 is 1. The molecule has 1 saturated heterocycles. The van der Waals surface area contributed by atoms with E-state index in [1.165, 1.54) is 6.92 Å². The fourth-order valence-electron chi connectivity index (χ4n) is 2.23. The topological polar surface area (TPSA) is 54.0 Å². The Morgan fingerprint density at radius 1 is 1.25 bits per heavy atom. The molecule has 1 aliphatic rings. The lowest BCUT2D eigenvalue weighted by Gasteiger charge is -2.36. The standard InChI is InChI=1S/C15H20O5/c1-11(16)20-14-10-18-9-13(17-2)15(14)19-8-12-6-4-3-5-7-12/h3-7,13-15H,8-10H2,1-2H3. The van der Waals surface area contributed by atoms with Crippen molar-refractivity contribution < 1.29 is 23.7 Å². The minimum atomic E-state index is -0.435. The SMILES string of the molecule is COC1COCC(OC(C)=O)C1OCc1ccccc1. The minimum Gasteiger partial charge on any atom is -0.457 e. The van der Waals surface area contributed by atoms with Gasteiger partial charge in [0.05, 0.1) is 19.8 Å². The van der Waals surface area contributed by atoms with Crippen molar-refractivity contribution in [1.82, 2.24) is 0 Å². The zero-order valence-electron chi connectivity index (χ0n) is 11.8. The molecule has 1 aromatic carbocycles. The van der Waals surface area contributed by atoms with Gasteiger partial charge < -0.3 is 18.9 Å². The van der Waals surface area contributed by atoms with Gasteiger partial charge in [-0.2, -0.15) is 0 Å². The monoisotopic (exact) mass is 280 g/mol. The molecule has 5 heteroatoms. The van der Waals surface area contributed by atoms with E-state index in [0.717, 1.165) is 5.56 Å². The van der Waals surface area contributed by atoms with Gasteiger partial charge in [-0.15, -0.1) is 0 Å². The number of hydrogen-bond acceptors (Lipinski definition) is 5. The van der Waals surface area contributed by atoms with Crippen LogP contribution in [0.4, 0.5) is 0 Å². The summed E-state index contributed by atoms with van der Waals surface area (Å²) in [6.45, 7) is 2.60. The maximum absolute atomic E-state index is 11.2. The van der Waals surface area contributed by atoms with E-state index in [0.29, 0.717) is 19.8 Å². The predicted molar refractivity (Wildman–Crippen MR) is 72.2 cm³/mol. The van der Waals surface area contributed by atoms with Gasteiger partial charge >= 0.3 is 5.97 Å². The fraction of sp³-hybridized carbons (Fsp3) is 0.533. The van der Waals surface area contributed by atoms with Crippen LogP contribution < -0.4 is 0 Å². The number of ether oxygens (including phenoxy) is 4. The number of esters is 1. The van der Waals surface area contributed by atoms with Gasteiger partial charge in [0.1, 0.15) is 12.2 Å². The summed E-state index contributed by atoms with van der Waals surface area (Å²) < 4.78 is 21.9. The first-order chi connectivity index (χ1) is 9.70. The van der Waals surface area contributed by atoms with Crippen molar-refractivity contribution in [2.45, 2.75) is 31.8 Å². The smallest absolute Gasteiger partial charge is 0.303 e. The average molecular weight is 280 g/mol. The van der Waals surface area contributed by atoms with E-state index in [1.54, 1.807) is 7.11 Å². The average Bonchev–Trinajstić information content (AvgIpc) is 2.46. The minimum absolute atomic E-state index is 0.239. The van der Waals surface area contributed by atoms with E-state index in [1.807, 2.05) is 30.3 Å². The molecule has 20 heavy (non-hydrogen) atoms. The summed E-state index contributed by atoms with van der Waals surface area (Å²) in [6.07, 6.45) is -0.996. The largest absolute Gasteiger partial charge is 0.457 e. The molecule has 1 aromatic rings. The zero-order chi connectivity index (χ0) is 14.4. The normalized spacial score (nSPS) is 26.2. The third-order valence-corrected chi connectivity index (χ3v) is 3.20. The van der Waals surface area contributed by atoms with Gasteiger partial charge in [0.25, 0.3) is 0 Å². The van der Waals surface area contributed by atoms with Gasteiger partial charge in [0.2, 0.25) is 0 Å². The Kier molecular flexibility index (Phi) is 5.52. The molecule has 0 aliphatic carbocycles. The molecule has 0 N–H and O–H groups in total. The quantitative estimate of drug-likeness (QED) is 0.766. The van der Waals surface area contributed by atoms with Crippen LogP contribution in [0, 0.1) is 0 Å². The predicted octanol–water partition coefficient (Wildman–Crippen LogP) is 1.55. The molecule has 1 fully saturated rings. The maximum Gasteiger partial charge on any atom is 0.303 e. The number of carbonyl (C=O) groups is 1. The summed E-state index contributed by atoms with van der Waals surface area (Å²) >= 11 is 0. The van der Waals surface area contributed by atoms with Crippen molar-refractivity contribution in [3.63, 3.8) is 0 Å². The van der Waals surface area contributed by atoms with Crippen molar-refractivity contribution in [1.29, 1.82) is 0 Å². The summed E-state index contributed by atoms with van der Waals surface area (Å²) in [5.74, 6) is -0.344. The van der Waals surface area contributed by atoms with Gasteiger partial charge in [0.15, 0.2) is 6.10 Å². The molecular formula is C15H20O5. The first-order valence-corrected chi connectivity index (χ1v) is 6.64. The molecule has 1 heterocycles. The fourth-order valence-corrected chi connectivity index (χ4v) is 2.23. The highest BCUT2D eigenvalue weighted by molar-refractivity contribution is 5.66. The van der Waals surface area contributed by atoms with Crippen LogP contribution in [0.15, 0.2) is 30.3 Å². The lowest BCUT2D eigenvalue weighted by atomic mass is 10.1. The number of benzene rings is 1. The van der Waals surface area contributed by atoms with Gasteiger partial charge in [-0.25, -0.2) is 0 Å². The Morgan fingerprint density at radius 3 is 2.60 bits per heavy atom. The highest BCUT2D eigenvalue weighted by atomic mass is 16.6. The second kappa shape index (κ2) is 7.38. The zero-order valence-corrected chi connectivity index (χ0v) is 11.8. The lowest BCUT2D eigenvalue weighted by Crippen LogP contribution is -2.51. The number of hydrogen-bond donors (Lipinski definition) is 0. The summed E-state index contributed by atoms with van der Waals surface area (Å²) in [4.78, 5) is 11.2. The number of rotatable bonds is 5. The van der Waals surface area contributed by atoms with Crippen molar-refractivity contribution in [3.8, 4) is 0 Å². The van der Waals surface area contributed by atoms with Crippen LogP contribution in [0.5, 0.6) is 0 Å². The molecule has 110 valence electrons. The highest BCUT2D eigenvalue weighted by Crippen LogP contribution is 2.19. The molecule has 2 rings (SSSR count). The molecule has 0 aromatic heterocycles. The first-order valence-electron chi connectivity index (χ1n) is 6.64. The van der Waals surface area contributed by atoms with Crippen molar-refractivity contribution >= 4 is 5.97 Å². The van der Waals surface area contributed by atoms with Gasteiger partial charge in [0, 0.05) is 14.0 Å². The van der Waals surface area contributed by atoms with Crippen LogP contribution in [0.1, 0.15) is 12.5 Å². The Bertz CT molecular complexity index is 420. The van der Waals surface area contributed by atoms with Crippen LogP contribution >= 0.6 is 0 Å². The van der Waals surface area contributed by atoms with Gasteiger partial charge in [-0.1, -0.05) is 30.3 Å². The number of carbonyl (C=O) groups excluding carboxylic acids is 1. The molecular weight excluding hydrogens is 260 g/mol. The summed E-state index contributed by atoms with van der Waals surface area (Å²) in [5.41, 5.74) is 1.07. The molecule has 1 aliphatic heterocycles. The van der Waals surface area contributed by atoms with E-state index in [-0.39, 0.29) is 18.2 Å². The molecule has 5 nitrogen and oxygen atoms in total. The second-order valence-electron chi connectivity index (χ2n) is 4.72. The Morgan fingerprint density at radius 2 is 1.95 bits per heavy atom. The third-order valence-electron chi connectivity index (χ3n) is 3.20. The first kappa shape index (κ1) is 15.0.